The Morgan fingerprint density at radius 1 is 1.25 bits per heavy atom. The van der Waals surface area contributed by atoms with Crippen LogP contribution in [-0.4, -0.2) is 35.0 Å². The Kier molecular flexibility index (Phi) is 4.09. The molecule has 108 valence electrons. The molecule has 5 heteroatoms. The van der Waals surface area contributed by atoms with E-state index in [0.717, 1.165) is 5.56 Å². The molecule has 0 radical (unpaired) electrons. The van der Waals surface area contributed by atoms with E-state index in [2.05, 4.69) is 0 Å². The van der Waals surface area contributed by atoms with Gasteiger partial charge in [0.2, 0.25) is 0 Å². The van der Waals surface area contributed by atoms with Crippen molar-refractivity contribution in [3.63, 3.8) is 0 Å². The van der Waals surface area contributed by atoms with E-state index >= 15 is 0 Å². The smallest absolute Gasteiger partial charge is 0.309 e. The molecule has 0 aromatic heterocycles. The van der Waals surface area contributed by atoms with Crippen LogP contribution in [0.4, 0.5) is 0 Å². The SMILES string of the molecule is CC1(C(=O)O)CCN(C(=O)c2ccc(CN)cc2)CC1. The molecule has 2 rings (SSSR count). The summed E-state index contributed by atoms with van der Waals surface area (Å²) >= 11 is 0. The van der Waals surface area contributed by atoms with Crippen LogP contribution in [0.3, 0.4) is 0 Å². The Hall–Kier alpha value is -1.88. The van der Waals surface area contributed by atoms with Gasteiger partial charge in [-0.25, -0.2) is 0 Å². The van der Waals surface area contributed by atoms with Crippen molar-refractivity contribution in [3.05, 3.63) is 35.4 Å². The number of hydrogen-bond donors (Lipinski definition) is 2. The number of nitrogens with two attached hydrogens (primary N) is 1. The highest BCUT2D eigenvalue weighted by Crippen LogP contribution is 2.31. The first kappa shape index (κ1) is 14.5. The summed E-state index contributed by atoms with van der Waals surface area (Å²) in [5.41, 5.74) is 6.43. The Balaban J connectivity index is 2.02. The number of hydrogen-bond acceptors (Lipinski definition) is 3. The number of carbonyl (C=O) groups excluding carboxylic acids is 1. The summed E-state index contributed by atoms with van der Waals surface area (Å²) < 4.78 is 0. The molecule has 0 unspecified atom stereocenters. The highest BCUT2D eigenvalue weighted by Gasteiger charge is 2.38. The lowest BCUT2D eigenvalue weighted by Gasteiger charge is -2.36. The predicted octanol–water partition coefficient (Wildman–Crippen LogP) is 1.47. The minimum atomic E-state index is -0.781. The highest BCUT2D eigenvalue weighted by atomic mass is 16.4. The minimum Gasteiger partial charge on any atom is -0.481 e. The number of amides is 1. The van der Waals surface area contributed by atoms with Crippen LogP contribution in [0.15, 0.2) is 24.3 Å². The average molecular weight is 276 g/mol. The van der Waals surface area contributed by atoms with Crippen LogP contribution in [0.2, 0.25) is 0 Å². The number of rotatable bonds is 3. The first-order valence-corrected chi connectivity index (χ1v) is 6.78. The zero-order chi connectivity index (χ0) is 14.8. The molecule has 20 heavy (non-hydrogen) atoms. The summed E-state index contributed by atoms with van der Waals surface area (Å²) in [6.07, 6.45) is 0.990. The molecule has 1 aliphatic rings. The normalized spacial score (nSPS) is 17.8. The van der Waals surface area contributed by atoms with E-state index in [-0.39, 0.29) is 5.91 Å². The Bertz CT molecular complexity index is 502. The minimum absolute atomic E-state index is 0.0407. The van der Waals surface area contributed by atoms with Crippen LogP contribution in [0.25, 0.3) is 0 Å². The molecular weight excluding hydrogens is 256 g/mol. The summed E-state index contributed by atoms with van der Waals surface area (Å²) in [5, 5.41) is 9.18. The van der Waals surface area contributed by atoms with Crippen LogP contribution in [0, 0.1) is 5.41 Å². The fourth-order valence-electron chi connectivity index (χ4n) is 2.38. The molecule has 5 nitrogen and oxygen atoms in total. The van der Waals surface area contributed by atoms with Crippen LogP contribution < -0.4 is 5.73 Å². The van der Waals surface area contributed by atoms with Gasteiger partial charge in [0.05, 0.1) is 5.41 Å². The number of carboxylic acid groups (broad SMARTS) is 1. The molecular formula is C15H20N2O3. The fourth-order valence-corrected chi connectivity index (χ4v) is 2.38. The van der Waals surface area contributed by atoms with Gasteiger partial charge in [0, 0.05) is 25.2 Å². The van der Waals surface area contributed by atoms with Gasteiger partial charge in [-0.05, 0) is 37.5 Å². The van der Waals surface area contributed by atoms with Crippen LogP contribution >= 0.6 is 0 Å². The predicted molar refractivity (Wildman–Crippen MR) is 75.2 cm³/mol. The van der Waals surface area contributed by atoms with Crippen molar-refractivity contribution < 1.29 is 14.7 Å². The van der Waals surface area contributed by atoms with Crippen molar-refractivity contribution in [1.29, 1.82) is 0 Å². The van der Waals surface area contributed by atoms with Gasteiger partial charge >= 0.3 is 5.97 Å². The molecule has 1 aromatic rings. The lowest BCUT2D eigenvalue weighted by atomic mass is 9.80. The van der Waals surface area contributed by atoms with Gasteiger partial charge < -0.3 is 15.7 Å². The summed E-state index contributed by atoms with van der Waals surface area (Å²) in [7, 11) is 0. The average Bonchev–Trinajstić information content (AvgIpc) is 2.47. The molecule has 1 amide bonds. The van der Waals surface area contributed by atoms with Gasteiger partial charge in [-0.1, -0.05) is 12.1 Å². The summed E-state index contributed by atoms with van der Waals surface area (Å²) in [4.78, 5) is 25.2. The van der Waals surface area contributed by atoms with Gasteiger partial charge in [-0.3, -0.25) is 9.59 Å². The second-order valence-electron chi connectivity index (χ2n) is 5.56. The second-order valence-corrected chi connectivity index (χ2v) is 5.56. The largest absolute Gasteiger partial charge is 0.481 e. The number of carbonyl (C=O) groups is 2. The summed E-state index contributed by atoms with van der Waals surface area (Å²) in [6, 6.07) is 7.24. The van der Waals surface area contributed by atoms with Crippen LogP contribution in [0.1, 0.15) is 35.7 Å². The molecule has 0 bridgehead atoms. The number of carboxylic acids is 1. The van der Waals surface area contributed by atoms with E-state index in [9.17, 15) is 14.7 Å². The zero-order valence-corrected chi connectivity index (χ0v) is 11.6. The summed E-state index contributed by atoms with van der Waals surface area (Å²) in [5.74, 6) is -0.821. The maximum atomic E-state index is 12.3. The Labute approximate surface area is 118 Å². The molecule has 3 N–H and O–H groups in total. The third-order valence-corrected chi connectivity index (χ3v) is 4.11. The molecule has 1 saturated heterocycles. The number of piperidine rings is 1. The van der Waals surface area contributed by atoms with Crippen molar-refractivity contribution in [2.45, 2.75) is 26.3 Å². The van der Waals surface area contributed by atoms with Gasteiger partial charge in [-0.2, -0.15) is 0 Å². The van der Waals surface area contributed by atoms with E-state index in [4.69, 9.17) is 5.73 Å². The van der Waals surface area contributed by atoms with Crippen molar-refractivity contribution in [2.24, 2.45) is 11.1 Å². The van der Waals surface area contributed by atoms with Crippen LogP contribution in [0.5, 0.6) is 0 Å². The monoisotopic (exact) mass is 276 g/mol. The van der Waals surface area contributed by atoms with Crippen LogP contribution in [-0.2, 0) is 11.3 Å². The van der Waals surface area contributed by atoms with Gasteiger partial charge in [0.25, 0.3) is 5.91 Å². The van der Waals surface area contributed by atoms with Crippen molar-refractivity contribution in [1.82, 2.24) is 4.90 Å². The van der Waals surface area contributed by atoms with E-state index in [1.165, 1.54) is 0 Å². The van der Waals surface area contributed by atoms with Crippen molar-refractivity contribution in [2.75, 3.05) is 13.1 Å². The first-order chi connectivity index (χ1) is 9.46. The number of nitrogens with zero attached hydrogens (tertiary/aromatic N) is 1. The summed E-state index contributed by atoms with van der Waals surface area (Å²) in [6.45, 7) is 3.17. The lowest BCUT2D eigenvalue weighted by Crippen LogP contribution is -2.45. The van der Waals surface area contributed by atoms with E-state index in [1.807, 2.05) is 12.1 Å². The molecule has 1 aliphatic heterocycles. The Morgan fingerprint density at radius 2 is 1.80 bits per heavy atom. The van der Waals surface area contributed by atoms with Gasteiger partial charge in [0.1, 0.15) is 0 Å². The molecule has 0 saturated carbocycles. The van der Waals surface area contributed by atoms with E-state index in [1.54, 1.807) is 24.0 Å². The molecule has 0 aliphatic carbocycles. The molecule has 1 aromatic carbocycles. The molecule has 1 fully saturated rings. The highest BCUT2D eigenvalue weighted by molar-refractivity contribution is 5.94. The fraction of sp³-hybridized carbons (Fsp3) is 0.467. The molecule has 1 heterocycles. The zero-order valence-electron chi connectivity index (χ0n) is 11.6. The van der Waals surface area contributed by atoms with E-state index < -0.39 is 11.4 Å². The Morgan fingerprint density at radius 3 is 2.25 bits per heavy atom. The maximum Gasteiger partial charge on any atom is 0.309 e. The first-order valence-electron chi connectivity index (χ1n) is 6.78. The third-order valence-electron chi connectivity index (χ3n) is 4.11. The third kappa shape index (κ3) is 2.82. The molecule has 0 spiro atoms. The van der Waals surface area contributed by atoms with Gasteiger partial charge in [-0.15, -0.1) is 0 Å². The topological polar surface area (TPSA) is 83.6 Å². The standard InChI is InChI=1S/C15H20N2O3/c1-15(14(19)20)6-8-17(9-7-15)13(18)12-4-2-11(10-16)3-5-12/h2-5H,6-10,16H2,1H3,(H,19,20). The maximum absolute atomic E-state index is 12.3. The van der Waals surface area contributed by atoms with Crippen molar-refractivity contribution in [3.8, 4) is 0 Å². The number of likely N-dealkylation sites (tertiary alicyclic amines) is 1. The number of aliphatic carboxylic acids is 1. The number of benzene rings is 1. The second kappa shape index (κ2) is 5.63. The molecule has 0 atom stereocenters. The quantitative estimate of drug-likeness (QED) is 0.875. The van der Waals surface area contributed by atoms with Gasteiger partial charge in [0.15, 0.2) is 0 Å². The van der Waals surface area contributed by atoms with Crippen molar-refractivity contribution >= 4 is 11.9 Å². The lowest BCUT2D eigenvalue weighted by molar-refractivity contribution is -0.150. The van der Waals surface area contributed by atoms with E-state index in [0.29, 0.717) is 38.0 Å².